The second-order valence-electron chi connectivity index (χ2n) is 3.30. The topological polar surface area (TPSA) is 64.3 Å². The van der Waals surface area contributed by atoms with Crippen LogP contribution in [0.3, 0.4) is 0 Å². The van der Waals surface area contributed by atoms with Crippen LogP contribution in [0.1, 0.15) is 12.0 Å². The monoisotopic (exact) mass is 226 g/mol. The molecule has 0 atom stereocenters. The van der Waals surface area contributed by atoms with Crippen LogP contribution in [0.25, 0.3) is 0 Å². The number of carbonyl (C=O) groups is 1. The molecule has 1 amide bonds. The Balaban J connectivity index is 2.63. The van der Waals surface area contributed by atoms with Crippen molar-refractivity contribution in [2.45, 2.75) is 13.0 Å². The third kappa shape index (κ3) is 3.60. The Kier molecular flexibility index (Phi) is 4.88. The normalized spacial score (nSPS) is 10.2. The molecule has 0 aliphatic carbocycles. The summed E-state index contributed by atoms with van der Waals surface area (Å²) >= 11 is 0. The molecular formula is C11H15FN2O2. The summed E-state index contributed by atoms with van der Waals surface area (Å²) in [6.45, 7) is 0.463. The van der Waals surface area contributed by atoms with E-state index in [0.29, 0.717) is 17.9 Å². The van der Waals surface area contributed by atoms with E-state index in [1.54, 1.807) is 0 Å². The number of amides is 1. The van der Waals surface area contributed by atoms with Crippen LogP contribution in [-0.2, 0) is 16.1 Å². The Morgan fingerprint density at radius 3 is 2.94 bits per heavy atom. The number of methoxy groups -OCH3 is 1. The summed E-state index contributed by atoms with van der Waals surface area (Å²) in [4.78, 5) is 11.3. The van der Waals surface area contributed by atoms with E-state index in [1.165, 1.54) is 25.3 Å². The lowest BCUT2D eigenvalue weighted by Gasteiger charge is -2.07. The number of nitrogens with one attached hydrogen (secondary N) is 1. The fraction of sp³-hybridized carbons (Fsp3) is 0.364. The third-order valence-corrected chi connectivity index (χ3v) is 2.08. The summed E-state index contributed by atoms with van der Waals surface area (Å²) in [7, 11) is 1.53. The molecule has 0 aromatic heterocycles. The molecule has 1 aromatic carbocycles. The minimum Gasteiger partial charge on any atom is -0.384 e. The number of anilines is 1. The fourth-order valence-electron chi connectivity index (χ4n) is 1.23. The van der Waals surface area contributed by atoms with Crippen LogP contribution >= 0.6 is 0 Å². The van der Waals surface area contributed by atoms with E-state index in [1.807, 2.05) is 0 Å². The second kappa shape index (κ2) is 6.19. The lowest BCUT2D eigenvalue weighted by atomic mass is 10.2. The Labute approximate surface area is 93.6 Å². The maximum absolute atomic E-state index is 13.1. The SMILES string of the molecule is COCCC(=O)Nc1ccc(F)c(CN)c1. The van der Waals surface area contributed by atoms with Gasteiger partial charge in [-0.15, -0.1) is 0 Å². The summed E-state index contributed by atoms with van der Waals surface area (Å²) in [5.74, 6) is -0.533. The molecule has 4 nitrogen and oxygen atoms in total. The van der Waals surface area contributed by atoms with Gasteiger partial charge in [-0.1, -0.05) is 0 Å². The molecule has 0 aliphatic rings. The number of carbonyl (C=O) groups excluding carboxylic acids is 1. The van der Waals surface area contributed by atoms with Crippen molar-refractivity contribution in [3.63, 3.8) is 0 Å². The fourth-order valence-corrected chi connectivity index (χ4v) is 1.23. The van der Waals surface area contributed by atoms with Gasteiger partial charge in [-0.3, -0.25) is 4.79 Å². The quantitative estimate of drug-likeness (QED) is 0.794. The van der Waals surface area contributed by atoms with Crippen LogP contribution in [0.5, 0.6) is 0 Å². The van der Waals surface area contributed by atoms with Crippen LogP contribution in [0.2, 0.25) is 0 Å². The largest absolute Gasteiger partial charge is 0.384 e. The van der Waals surface area contributed by atoms with Gasteiger partial charge in [0.05, 0.1) is 13.0 Å². The van der Waals surface area contributed by atoms with Gasteiger partial charge in [0.25, 0.3) is 0 Å². The van der Waals surface area contributed by atoms with Crippen molar-refractivity contribution < 1.29 is 13.9 Å². The molecule has 0 unspecified atom stereocenters. The Morgan fingerprint density at radius 1 is 1.56 bits per heavy atom. The van der Waals surface area contributed by atoms with Crippen molar-refractivity contribution >= 4 is 11.6 Å². The van der Waals surface area contributed by atoms with Crippen molar-refractivity contribution in [2.75, 3.05) is 19.0 Å². The molecule has 0 aliphatic heterocycles. The third-order valence-electron chi connectivity index (χ3n) is 2.08. The lowest BCUT2D eigenvalue weighted by molar-refractivity contribution is -0.117. The van der Waals surface area contributed by atoms with Crippen molar-refractivity contribution in [3.8, 4) is 0 Å². The van der Waals surface area contributed by atoms with Crippen molar-refractivity contribution in [1.29, 1.82) is 0 Å². The highest BCUT2D eigenvalue weighted by atomic mass is 19.1. The first kappa shape index (κ1) is 12.6. The molecule has 0 fully saturated rings. The van der Waals surface area contributed by atoms with E-state index in [-0.39, 0.29) is 24.7 Å². The van der Waals surface area contributed by atoms with E-state index in [2.05, 4.69) is 5.32 Å². The van der Waals surface area contributed by atoms with E-state index in [0.717, 1.165) is 0 Å². The van der Waals surface area contributed by atoms with Crippen molar-refractivity contribution in [1.82, 2.24) is 0 Å². The highest BCUT2D eigenvalue weighted by Gasteiger charge is 2.05. The van der Waals surface area contributed by atoms with E-state index in [4.69, 9.17) is 10.5 Å². The summed E-state index contributed by atoms with van der Waals surface area (Å²) in [5.41, 5.74) is 6.28. The van der Waals surface area contributed by atoms with Crippen LogP contribution in [-0.4, -0.2) is 19.6 Å². The molecule has 0 heterocycles. The number of halogens is 1. The van der Waals surface area contributed by atoms with Gasteiger partial charge in [0, 0.05) is 24.9 Å². The minimum absolute atomic E-state index is 0.105. The standard InChI is InChI=1S/C11H15FN2O2/c1-16-5-4-11(15)14-9-2-3-10(12)8(6-9)7-13/h2-3,6H,4-5,7,13H2,1H3,(H,14,15). The summed E-state index contributed by atoms with van der Waals surface area (Å²) < 4.78 is 17.9. The molecule has 0 saturated carbocycles. The minimum atomic E-state index is -0.364. The zero-order valence-electron chi connectivity index (χ0n) is 9.13. The number of hydrogen-bond acceptors (Lipinski definition) is 3. The van der Waals surface area contributed by atoms with Gasteiger partial charge in [0.1, 0.15) is 5.82 Å². The number of ether oxygens (including phenoxy) is 1. The van der Waals surface area contributed by atoms with Gasteiger partial charge in [-0.2, -0.15) is 0 Å². The van der Waals surface area contributed by atoms with Crippen LogP contribution in [0.4, 0.5) is 10.1 Å². The number of nitrogens with two attached hydrogens (primary N) is 1. The first-order valence-electron chi connectivity index (χ1n) is 4.94. The summed E-state index contributed by atoms with van der Waals surface area (Å²) in [6.07, 6.45) is 0.270. The van der Waals surface area contributed by atoms with Gasteiger partial charge in [-0.05, 0) is 18.2 Å². The van der Waals surface area contributed by atoms with Gasteiger partial charge < -0.3 is 15.8 Å². The number of hydrogen-bond donors (Lipinski definition) is 2. The molecule has 1 rings (SSSR count). The zero-order chi connectivity index (χ0) is 12.0. The molecule has 1 aromatic rings. The molecule has 3 N–H and O–H groups in total. The van der Waals surface area contributed by atoms with Crippen molar-refractivity contribution in [2.24, 2.45) is 5.73 Å². The van der Waals surface area contributed by atoms with E-state index >= 15 is 0 Å². The molecule has 16 heavy (non-hydrogen) atoms. The number of benzene rings is 1. The molecule has 0 spiro atoms. The predicted molar refractivity (Wildman–Crippen MR) is 59.4 cm³/mol. The maximum Gasteiger partial charge on any atom is 0.226 e. The van der Waals surface area contributed by atoms with Crippen LogP contribution in [0, 0.1) is 5.82 Å². The Morgan fingerprint density at radius 2 is 2.31 bits per heavy atom. The van der Waals surface area contributed by atoms with E-state index < -0.39 is 0 Å². The van der Waals surface area contributed by atoms with Gasteiger partial charge in [0.2, 0.25) is 5.91 Å². The molecule has 0 bridgehead atoms. The Hall–Kier alpha value is -1.46. The first-order valence-corrected chi connectivity index (χ1v) is 4.94. The zero-order valence-corrected chi connectivity index (χ0v) is 9.13. The maximum atomic E-state index is 13.1. The predicted octanol–water partition coefficient (Wildman–Crippen LogP) is 1.26. The molecule has 5 heteroatoms. The first-order chi connectivity index (χ1) is 7.67. The summed E-state index contributed by atoms with van der Waals surface area (Å²) in [6, 6.07) is 4.31. The van der Waals surface area contributed by atoms with Gasteiger partial charge in [-0.25, -0.2) is 4.39 Å². The van der Waals surface area contributed by atoms with Crippen LogP contribution in [0.15, 0.2) is 18.2 Å². The average Bonchev–Trinajstić information content (AvgIpc) is 2.29. The van der Waals surface area contributed by atoms with Gasteiger partial charge in [0.15, 0.2) is 0 Å². The lowest BCUT2D eigenvalue weighted by Crippen LogP contribution is -2.14. The smallest absolute Gasteiger partial charge is 0.226 e. The van der Waals surface area contributed by atoms with E-state index in [9.17, 15) is 9.18 Å². The van der Waals surface area contributed by atoms with Crippen molar-refractivity contribution in [3.05, 3.63) is 29.6 Å². The van der Waals surface area contributed by atoms with Gasteiger partial charge >= 0.3 is 0 Å². The molecule has 88 valence electrons. The second-order valence-corrected chi connectivity index (χ2v) is 3.30. The molecule has 0 radical (unpaired) electrons. The molecule has 0 saturated heterocycles. The summed E-state index contributed by atoms with van der Waals surface area (Å²) in [5, 5.41) is 2.64. The van der Waals surface area contributed by atoms with Crippen LogP contribution < -0.4 is 11.1 Å². The number of rotatable bonds is 5. The molecular weight excluding hydrogens is 211 g/mol. The highest BCUT2D eigenvalue weighted by Crippen LogP contribution is 2.14. The average molecular weight is 226 g/mol. The Bertz CT molecular complexity index is 369. The highest BCUT2D eigenvalue weighted by molar-refractivity contribution is 5.90.